The molecule has 3 aromatic rings. The van der Waals surface area contributed by atoms with Crippen molar-refractivity contribution in [3.05, 3.63) is 59.2 Å². The quantitative estimate of drug-likeness (QED) is 0.520. The van der Waals surface area contributed by atoms with Crippen LogP contribution in [0.3, 0.4) is 0 Å². The molecule has 2 amide bonds. The number of benzene rings is 2. The summed E-state index contributed by atoms with van der Waals surface area (Å²) < 4.78 is 2.02. The molecule has 0 unspecified atom stereocenters. The van der Waals surface area contributed by atoms with Gasteiger partial charge >= 0.3 is 0 Å². The summed E-state index contributed by atoms with van der Waals surface area (Å²) in [7, 11) is 0. The summed E-state index contributed by atoms with van der Waals surface area (Å²) in [6, 6.07) is 13.6. The molecule has 1 N–H and O–H groups in total. The first-order valence-corrected chi connectivity index (χ1v) is 12.3. The molecule has 1 aliphatic heterocycles. The van der Waals surface area contributed by atoms with Crippen LogP contribution in [0.5, 0.6) is 0 Å². The number of hydrogen-bond donors (Lipinski definition) is 1. The van der Waals surface area contributed by atoms with Gasteiger partial charge in [0.15, 0.2) is 11.0 Å². The van der Waals surface area contributed by atoms with Crippen molar-refractivity contribution in [3.63, 3.8) is 0 Å². The molecule has 7 nitrogen and oxygen atoms in total. The molecule has 1 saturated heterocycles. The number of thioether (sulfide) groups is 1. The zero-order chi connectivity index (χ0) is 23.4. The van der Waals surface area contributed by atoms with Gasteiger partial charge in [0.05, 0.1) is 5.75 Å². The molecule has 1 aliphatic rings. The number of carbonyl (C=O) groups is 2. The molecule has 8 heteroatoms. The fraction of sp³-hybridized carbons (Fsp3) is 0.360. The number of hydrogen-bond acceptors (Lipinski definition) is 5. The molecule has 0 atom stereocenters. The van der Waals surface area contributed by atoms with E-state index in [4.69, 9.17) is 0 Å². The van der Waals surface area contributed by atoms with Gasteiger partial charge in [0.25, 0.3) is 5.91 Å². The molecule has 4 rings (SSSR count). The van der Waals surface area contributed by atoms with Crippen LogP contribution in [0.1, 0.15) is 41.3 Å². The van der Waals surface area contributed by atoms with Gasteiger partial charge < -0.3 is 14.8 Å². The maximum atomic E-state index is 12.8. The molecule has 1 fully saturated rings. The lowest BCUT2D eigenvalue weighted by Crippen LogP contribution is -2.28. The predicted octanol–water partition coefficient (Wildman–Crippen LogP) is 4.55. The van der Waals surface area contributed by atoms with Gasteiger partial charge in [0.2, 0.25) is 5.91 Å². The molecule has 172 valence electrons. The normalized spacial score (nSPS) is 13.4. The average Bonchev–Trinajstić information content (AvgIpc) is 3.48. The fourth-order valence-corrected chi connectivity index (χ4v) is 4.89. The highest BCUT2D eigenvalue weighted by Gasteiger charge is 2.22. The Labute approximate surface area is 198 Å². The van der Waals surface area contributed by atoms with Crippen LogP contribution >= 0.6 is 11.8 Å². The Balaban J connectivity index is 1.43. The third kappa shape index (κ3) is 5.11. The predicted molar refractivity (Wildman–Crippen MR) is 132 cm³/mol. The van der Waals surface area contributed by atoms with Crippen LogP contribution in [0.2, 0.25) is 0 Å². The highest BCUT2D eigenvalue weighted by atomic mass is 32.2. The maximum Gasteiger partial charge on any atom is 0.254 e. The first-order chi connectivity index (χ1) is 16.0. The topological polar surface area (TPSA) is 80.1 Å². The van der Waals surface area contributed by atoms with Crippen LogP contribution < -0.4 is 5.32 Å². The Bertz CT molecular complexity index is 1170. The van der Waals surface area contributed by atoms with Crippen molar-refractivity contribution >= 4 is 29.3 Å². The number of anilines is 1. The third-order valence-corrected chi connectivity index (χ3v) is 6.84. The molecule has 2 heterocycles. The minimum absolute atomic E-state index is 0.0372. The second kappa shape index (κ2) is 10.2. The van der Waals surface area contributed by atoms with E-state index in [-0.39, 0.29) is 17.6 Å². The summed E-state index contributed by atoms with van der Waals surface area (Å²) in [5.41, 5.74) is 4.29. The third-order valence-electron chi connectivity index (χ3n) is 5.87. The van der Waals surface area contributed by atoms with E-state index < -0.39 is 0 Å². The fourth-order valence-electron chi connectivity index (χ4n) is 4.09. The number of aromatic nitrogens is 3. The lowest BCUT2D eigenvalue weighted by atomic mass is 10.1. The number of aryl methyl sites for hydroxylation is 1. The van der Waals surface area contributed by atoms with Crippen molar-refractivity contribution < 1.29 is 9.59 Å². The van der Waals surface area contributed by atoms with Crippen molar-refractivity contribution in [2.45, 2.75) is 45.3 Å². The van der Waals surface area contributed by atoms with Crippen LogP contribution in [-0.4, -0.2) is 50.3 Å². The number of carbonyl (C=O) groups excluding carboxylic acids is 2. The van der Waals surface area contributed by atoms with Crippen LogP contribution in [-0.2, 0) is 11.3 Å². The summed E-state index contributed by atoms with van der Waals surface area (Å²) in [6.45, 7) is 8.28. The highest BCUT2D eigenvalue weighted by Crippen LogP contribution is 2.26. The van der Waals surface area contributed by atoms with Gasteiger partial charge in [-0.15, -0.1) is 10.2 Å². The van der Waals surface area contributed by atoms with E-state index in [0.717, 1.165) is 48.4 Å². The number of likely N-dealkylation sites (tertiary alicyclic amines) is 1. The maximum absolute atomic E-state index is 12.8. The Kier molecular flexibility index (Phi) is 7.13. The van der Waals surface area contributed by atoms with Crippen molar-refractivity contribution in [2.24, 2.45) is 0 Å². The minimum atomic E-state index is -0.142. The number of rotatable bonds is 7. The molecule has 2 aromatic carbocycles. The van der Waals surface area contributed by atoms with Crippen molar-refractivity contribution in [3.8, 4) is 11.4 Å². The van der Waals surface area contributed by atoms with E-state index in [1.807, 2.05) is 66.6 Å². The van der Waals surface area contributed by atoms with Gasteiger partial charge in [-0.3, -0.25) is 9.59 Å². The lowest BCUT2D eigenvalue weighted by molar-refractivity contribution is -0.113. The SMILES string of the molecule is CCn1c(SCC(=O)Nc2cccc(C(=O)N3CCCC3)c2C)nnc1-c1cccc(C)c1. The van der Waals surface area contributed by atoms with Gasteiger partial charge in [-0.25, -0.2) is 0 Å². The number of nitrogens with one attached hydrogen (secondary N) is 1. The second-order valence-electron chi connectivity index (χ2n) is 8.23. The highest BCUT2D eigenvalue weighted by molar-refractivity contribution is 7.99. The van der Waals surface area contributed by atoms with Gasteiger partial charge in [-0.05, 0) is 57.4 Å². The molecule has 1 aromatic heterocycles. The lowest BCUT2D eigenvalue weighted by Gasteiger charge is -2.18. The van der Waals surface area contributed by atoms with E-state index in [2.05, 4.69) is 21.6 Å². The van der Waals surface area contributed by atoms with E-state index in [9.17, 15) is 9.59 Å². The largest absolute Gasteiger partial charge is 0.339 e. The summed E-state index contributed by atoms with van der Waals surface area (Å²) in [5.74, 6) is 0.898. The van der Waals surface area contributed by atoms with E-state index >= 15 is 0 Å². The summed E-state index contributed by atoms with van der Waals surface area (Å²) in [5, 5.41) is 12.3. The van der Waals surface area contributed by atoms with Crippen LogP contribution in [0.15, 0.2) is 47.6 Å². The minimum Gasteiger partial charge on any atom is -0.339 e. The molecular weight excluding hydrogens is 434 g/mol. The Morgan fingerprint density at radius 1 is 1.06 bits per heavy atom. The Hall–Kier alpha value is -3.13. The standard InChI is InChI=1S/C25H29N5O2S/c1-4-30-23(19-10-7-9-17(2)15-19)27-28-25(30)33-16-22(31)26-21-12-8-11-20(18(21)3)24(32)29-13-5-6-14-29/h7-12,15H,4-6,13-14,16H2,1-3H3,(H,26,31). The molecule has 33 heavy (non-hydrogen) atoms. The zero-order valence-corrected chi connectivity index (χ0v) is 20.1. The Morgan fingerprint density at radius 3 is 2.55 bits per heavy atom. The van der Waals surface area contributed by atoms with Crippen LogP contribution in [0.25, 0.3) is 11.4 Å². The van der Waals surface area contributed by atoms with Crippen molar-refractivity contribution in [1.29, 1.82) is 0 Å². The van der Waals surface area contributed by atoms with E-state index in [0.29, 0.717) is 23.0 Å². The zero-order valence-electron chi connectivity index (χ0n) is 19.3. The van der Waals surface area contributed by atoms with Crippen molar-refractivity contribution in [2.75, 3.05) is 24.2 Å². The van der Waals surface area contributed by atoms with Gasteiger partial charge in [0, 0.05) is 36.4 Å². The first-order valence-electron chi connectivity index (χ1n) is 11.3. The smallest absolute Gasteiger partial charge is 0.254 e. The van der Waals surface area contributed by atoms with Gasteiger partial charge in [0.1, 0.15) is 0 Å². The molecule has 0 aliphatic carbocycles. The number of amides is 2. The number of nitrogens with zero attached hydrogens (tertiary/aromatic N) is 4. The van der Waals surface area contributed by atoms with Crippen molar-refractivity contribution in [1.82, 2.24) is 19.7 Å². The van der Waals surface area contributed by atoms with Gasteiger partial charge in [-0.2, -0.15) is 0 Å². The summed E-state index contributed by atoms with van der Waals surface area (Å²) >= 11 is 1.36. The molecule has 0 saturated carbocycles. The first kappa shape index (κ1) is 23.0. The molecule has 0 radical (unpaired) electrons. The van der Waals surface area contributed by atoms with Crippen LogP contribution in [0.4, 0.5) is 5.69 Å². The second-order valence-corrected chi connectivity index (χ2v) is 9.18. The van der Waals surface area contributed by atoms with Gasteiger partial charge in [-0.1, -0.05) is 41.6 Å². The monoisotopic (exact) mass is 463 g/mol. The van der Waals surface area contributed by atoms with E-state index in [1.165, 1.54) is 11.8 Å². The van der Waals surface area contributed by atoms with E-state index in [1.54, 1.807) is 0 Å². The molecule has 0 bridgehead atoms. The average molecular weight is 464 g/mol. The molecular formula is C25H29N5O2S. The Morgan fingerprint density at radius 2 is 1.82 bits per heavy atom. The summed E-state index contributed by atoms with van der Waals surface area (Å²) in [6.07, 6.45) is 2.10. The summed E-state index contributed by atoms with van der Waals surface area (Å²) in [4.78, 5) is 27.4. The molecule has 0 spiro atoms. The van der Waals surface area contributed by atoms with Crippen LogP contribution in [0, 0.1) is 13.8 Å².